The molecular weight excluding hydrogens is 1390 g/mol. The van der Waals surface area contributed by atoms with Crippen molar-refractivity contribution >= 4 is 64.7 Å². The molecule has 8 nitrogen and oxygen atoms in total. The minimum absolute atomic E-state index is 0.0157. The molecule has 39 heteroatoms. The lowest BCUT2D eigenvalue weighted by Crippen LogP contribution is -2.70. The highest BCUT2D eigenvalue weighted by Crippen LogP contribution is 2.63. The molecule has 0 bridgehead atoms. The number of rotatable bonds is 20. The molecule has 0 saturated carbocycles. The van der Waals surface area contributed by atoms with E-state index in [1.165, 1.54) is 30.3 Å². The fraction of sp³-hybridized carbons (Fsp3) is 0.750. The Morgan fingerprint density at radius 3 is 0.851 bits per heavy atom. The number of benzene rings is 2. The SMILES string of the molecule is CC1(C)OB(c2cc(OCCCC(F)(F)C(F)(F)C(F)(F)C(F)(F)C(F)(F)C(F)(F)F)cc(B3OC(C)(C)C(C)(C)O3)c2)OC1(C)C.CC1(C)OBOC1(C)C.FC(F)(F)C(F)(F)C(F)(F)C(F)(F)C(F)(F)C(F)(F)CCCOc1cc(Br)cc(Br)c1. The summed E-state index contributed by atoms with van der Waals surface area (Å²) in [4.78, 5) is 0. The van der Waals surface area contributed by atoms with Crippen molar-refractivity contribution in [2.75, 3.05) is 13.2 Å². The molecule has 0 amide bonds. The van der Waals surface area contributed by atoms with Crippen LogP contribution in [0.15, 0.2) is 45.3 Å². The summed E-state index contributed by atoms with van der Waals surface area (Å²) in [5.74, 6) is -74.0. The summed E-state index contributed by atoms with van der Waals surface area (Å²) in [5.41, 5.74) is -2.94. The Bertz CT molecular complexity index is 2570. The lowest BCUT2D eigenvalue weighted by atomic mass is 9.71. The molecule has 2 aromatic rings. The van der Waals surface area contributed by atoms with Gasteiger partial charge in [0.05, 0.1) is 46.8 Å². The monoisotopic (exact) mass is 1440 g/mol. The molecule has 3 aliphatic rings. The zero-order valence-electron chi connectivity index (χ0n) is 47.4. The van der Waals surface area contributed by atoms with E-state index in [0.717, 1.165) is 0 Å². The summed E-state index contributed by atoms with van der Waals surface area (Å²) < 4.78 is 389. The van der Waals surface area contributed by atoms with Crippen molar-refractivity contribution in [1.29, 1.82) is 0 Å². The van der Waals surface area contributed by atoms with Gasteiger partial charge in [-0.2, -0.15) is 114 Å². The van der Waals surface area contributed by atoms with Crippen LogP contribution in [0.2, 0.25) is 0 Å². The number of alkyl halides is 26. The molecule has 3 heterocycles. The molecule has 0 aliphatic carbocycles. The summed E-state index contributed by atoms with van der Waals surface area (Å²) >= 11 is 6.05. The number of halogens is 28. The second-order valence-corrected chi connectivity index (χ2v) is 24.8. The average molecular weight is 1450 g/mol. The van der Waals surface area contributed by atoms with Gasteiger partial charge in [-0.05, 0) is 137 Å². The van der Waals surface area contributed by atoms with Gasteiger partial charge in [0.1, 0.15) is 11.5 Å². The third-order valence-electron chi connectivity index (χ3n) is 14.9. The topological polar surface area (TPSA) is 73.8 Å². The molecule has 5 rings (SSSR count). The van der Waals surface area contributed by atoms with Crippen molar-refractivity contribution in [3.63, 3.8) is 0 Å². The molecule has 0 aromatic heterocycles. The molecule has 3 aliphatic heterocycles. The molecule has 2 aromatic carbocycles. The average Bonchev–Trinajstić information content (AvgIpc) is 1.60. The van der Waals surface area contributed by atoms with E-state index >= 15 is 0 Å². The van der Waals surface area contributed by atoms with E-state index in [0.29, 0.717) is 27.6 Å². The quantitative estimate of drug-likeness (QED) is 0.0738. The highest BCUT2D eigenvalue weighted by Gasteiger charge is 2.92. The Morgan fingerprint density at radius 2 is 0.609 bits per heavy atom. The van der Waals surface area contributed by atoms with Gasteiger partial charge in [-0.1, -0.05) is 37.9 Å². The third-order valence-corrected chi connectivity index (χ3v) is 15.8. The normalized spacial score (nSPS) is 20.1. The van der Waals surface area contributed by atoms with Gasteiger partial charge >= 0.3 is 93.5 Å². The Morgan fingerprint density at radius 1 is 0.356 bits per heavy atom. The smallest absolute Gasteiger partial charge is 0.494 e. The Balaban J connectivity index is 0.000000421. The molecule has 0 atom stereocenters. The van der Waals surface area contributed by atoms with Gasteiger partial charge in [0.25, 0.3) is 0 Å². The highest BCUT2D eigenvalue weighted by molar-refractivity contribution is 9.11. The second-order valence-electron chi connectivity index (χ2n) is 22.9. The van der Waals surface area contributed by atoms with Crippen LogP contribution < -0.4 is 20.4 Å². The van der Waals surface area contributed by atoms with Crippen molar-refractivity contribution < 1.29 is 152 Å². The summed E-state index contributed by atoms with van der Waals surface area (Å²) in [6.45, 7) is 20.4. The molecule has 87 heavy (non-hydrogen) atoms. The van der Waals surface area contributed by atoms with E-state index in [4.69, 9.17) is 37.4 Å². The number of ether oxygens (including phenoxy) is 2. The highest BCUT2D eigenvalue weighted by atomic mass is 79.9. The van der Waals surface area contributed by atoms with E-state index in [1.807, 2.05) is 27.7 Å². The molecular formula is C48H55B3Br2F26O8. The Kier molecular flexibility index (Phi) is 22.4. The van der Waals surface area contributed by atoms with E-state index in [9.17, 15) is 114 Å². The van der Waals surface area contributed by atoms with Crippen molar-refractivity contribution in [2.45, 2.75) is 214 Å². The Hall–Kier alpha value is -2.87. The summed E-state index contributed by atoms with van der Waals surface area (Å²) in [6.07, 6.45) is -22.0. The Labute approximate surface area is 498 Å². The summed E-state index contributed by atoms with van der Waals surface area (Å²) in [6, 6.07) is 8.29. The van der Waals surface area contributed by atoms with E-state index in [1.54, 1.807) is 61.5 Å². The van der Waals surface area contributed by atoms with Crippen LogP contribution >= 0.6 is 31.9 Å². The van der Waals surface area contributed by atoms with Crippen LogP contribution in [0.3, 0.4) is 0 Å². The molecule has 0 N–H and O–H groups in total. The predicted molar refractivity (Wildman–Crippen MR) is 268 cm³/mol. The molecule has 3 fully saturated rings. The van der Waals surface area contributed by atoms with Gasteiger partial charge in [-0.15, -0.1) is 0 Å². The minimum atomic E-state index is -7.94. The minimum Gasteiger partial charge on any atom is -0.494 e. The van der Waals surface area contributed by atoms with Gasteiger partial charge in [0, 0.05) is 21.8 Å². The third kappa shape index (κ3) is 15.1. The largest absolute Gasteiger partial charge is 0.494 e. The molecule has 0 radical (unpaired) electrons. The summed E-state index contributed by atoms with van der Waals surface area (Å²) in [7, 11) is -1.61. The standard InChI is InChI=1S/C27H33B2F13O5.C15H9Br2F13O.C6H13BO2/c1-18(2)19(3,4)45-28(44-18)15-12-16(29-46-20(5,6)21(7,8)47-29)14-17(13-15)43-11-9-10-22(30,31)23(32,33)24(34,35)25(36,37)26(38,39)27(40,41)42;16-7-4-8(17)6-9(5-7)31-3-1-2-10(18,19)11(20,21)12(22,23)13(24,25)14(26,27)15(28,29)30;1-5(2)6(3,4)9-7-8-5/h12-14H,9-11H2,1-8H3;4-6H,1-3H2;7H,1-4H3. The first-order valence-electron chi connectivity index (χ1n) is 25.0. The van der Waals surface area contributed by atoms with Crippen molar-refractivity contribution in [3.8, 4) is 11.5 Å². The van der Waals surface area contributed by atoms with Crippen molar-refractivity contribution in [2.24, 2.45) is 0 Å². The van der Waals surface area contributed by atoms with E-state index in [-0.39, 0.29) is 22.7 Å². The van der Waals surface area contributed by atoms with Crippen LogP contribution in [0.5, 0.6) is 11.5 Å². The maximum Gasteiger partial charge on any atom is 0.494 e. The lowest BCUT2D eigenvalue weighted by Gasteiger charge is -2.39. The van der Waals surface area contributed by atoms with Crippen LogP contribution in [-0.4, -0.2) is 140 Å². The predicted octanol–water partition coefficient (Wildman–Crippen LogP) is 16.1. The van der Waals surface area contributed by atoms with Gasteiger partial charge in [-0.25, -0.2) is 0 Å². The van der Waals surface area contributed by atoms with Gasteiger partial charge < -0.3 is 37.4 Å². The molecule has 0 unspecified atom stereocenters. The first-order valence-corrected chi connectivity index (χ1v) is 26.6. The molecule has 500 valence electrons. The second kappa shape index (κ2) is 24.9. The maximum atomic E-state index is 14.3. The van der Waals surface area contributed by atoms with Crippen LogP contribution in [0.4, 0.5) is 114 Å². The molecule has 0 spiro atoms. The van der Waals surface area contributed by atoms with Crippen molar-refractivity contribution in [1.82, 2.24) is 0 Å². The summed E-state index contributed by atoms with van der Waals surface area (Å²) in [5, 5.41) is 0. The van der Waals surface area contributed by atoms with Crippen molar-refractivity contribution in [3.05, 3.63) is 45.3 Å². The lowest BCUT2D eigenvalue weighted by molar-refractivity contribution is -0.440. The van der Waals surface area contributed by atoms with Crippen LogP contribution in [0, 0.1) is 0 Å². The zero-order chi connectivity index (χ0) is 68.5. The zero-order valence-corrected chi connectivity index (χ0v) is 50.6. The number of hydrogen-bond donors (Lipinski definition) is 0. The van der Waals surface area contributed by atoms with Gasteiger partial charge in [0.2, 0.25) is 0 Å². The molecule has 3 saturated heterocycles. The fourth-order valence-electron chi connectivity index (χ4n) is 7.13. The number of hydrogen-bond acceptors (Lipinski definition) is 8. The van der Waals surface area contributed by atoms with Gasteiger partial charge in [0.15, 0.2) is 0 Å². The first-order chi connectivity index (χ1) is 38.2. The first kappa shape index (κ1) is 78.4. The van der Waals surface area contributed by atoms with Gasteiger partial charge in [-0.3, -0.25) is 0 Å². The van der Waals surface area contributed by atoms with Crippen LogP contribution in [0.25, 0.3) is 0 Å². The van der Waals surface area contributed by atoms with E-state index in [2.05, 4.69) is 31.9 Å². The maximum absolute atomic E-state index is 14.3. The van der Waals surface area contributed by atoms with E-state index < -0.39 is 147 Å². The van der Waals surface area contributed by atoms with Crippen LogP contribution in [-0.2, 0) is 27.9 Å². The van der Waals surface area contributed by atoms with Crippen LogP contribution in [0.1, 0.15) is 109 Å². The fourth-order valence-corrected chi connectivity index (χ4v) is 8.38.